The molecule has 1 heterocycles. The molecule has 0 atom stereocenters. The van der Waals surface area contributed by atoms with Gasteiger partial charge in [-0.1, -0.05) is 28.8 Å². The molecule has 0 spiro atoms. The molecule has 4 nitrogen and oxygen atoms in total. The van der Waals surface area contributed by atoms with Crippen molar-refractivity contribution in [3.05, 3.63) is 17.5 Å². The van der Waals surface area contributed by atoms with Crippen molar-refractivity contribution < 1.29 is 4.79 Å². The van der Waals surface area contributed by atoms with E-state index in [1.54, 1.807) is 4.68 Å². The molecule has 1 aromatic rings. The lowest BCUT2D eigenvalue weighted by molar-refractivity contribution is 0.0942. The van der Waals surface area contributed by atoms with E-state index >= 15 is 0 Å². The van der Waals surface area contributed by atoms with Crippen molar-refractivity contribution in [2.75, 3.05) is 11.9 Å². The number of amides is 1. The first-order valence-corrected chi connectivity index (χ1v) is 7.69. The molecule has 0 aromatic carbocycles. The van der Waals surface area contributed by atoms with Crippen molar-refractivity contribution in [2.45, 2.75) is 46.1 Å². The Hall–Kier alpha value is -0.840. The first kappa shape index (κ1) is 15.2. The highest BCUT2D eigenvalue weighted by atomic mass is 79.9. The number of rotatable bonds is 8. The van der Waals surface area contributed by atoms with E-state index in [4.69, 9.17) is 0 Å². The molecule has 1 N–H and O–H groups in total. The van der Waals surface area contributed by atoms with Crippen molar-refractivity contribution >= 4 is 21.8 Å². The molecule has 0 aliphatic heterocycles. The lowest BCUT2D eigenvalue weighted by Gasteiger charge is -2.06. The van der Waals surface area contributed by atoms with Crippen LogP contribution < -0.4 is 5.32 Å². The van der Waals surface area contributed by atoms with Crippen molar-refractivity contribution in [3.8, 4) is 0 Å². The van der Waals surface area contributed by atoms with Gasteiger partial charge in [0.05, 0.1) is 5.69 Å². The lowest BCUT2D eigenvalue weighted by atomic mass is 10.2. The van der Waals surface area contributed by atoms with Gasteiger partial charge in [0, 0.05) is 18.4 Å². The molecule has 102 valence electrons. The number of carbonyl (C=O) groups excluding carboxylic acids is 1. The molecule has 0 fully saturated rings. The van der Waals surface area contributed by atoms with E-state index in [0.717, 1.165) is 37.0 Å². The van der Waals surface area contributed by atoms with E-state index in [9.17, 15) is 4.79 Å². The molecular formula is C13H22BrN3O. The van der Waals surface area contributed by atoms with Gasteiger partial charge in [0.15, 0.2) is 0 Å². The van der Waals surface area contributed by atoms with Crippen molar-refractivity contribution in [1.29, 1.82) is 0 Å². The van der Waals surface area contributed by atoms with E-state index in [-0.39, 0.29) is 5.91 Å². The van der Waals surface area contributed by atoms with Crippen LogP contribution in [0, 0.1) is 6.92 Å². The summed E-state index contributed by atoms with van der Waals surface area (Å²) in [5.74, 6) is -0.0158. The standard InChI is InChI=1S/C13H22BrN3O/c1-3-17-12(10-11(2)16-17)13(18)15-9-7-5-4-6-8-14/h10H,3-9H2,1-2H3,(H,15,18). The maximum absolute atomic E-state index is 11.9. The van der Waals surface area contributed by atoms with Crippen LogP contribution in [0.4, 0.5) is 0 Å². The average Bonchev–Trinajstić information content (AvgIpc) is 2.74. The van der Waals surface area contributed by atoms with E-state index < -0.39 is 0 Å². The van der Waals surface area contributed by atoms with Crippen molar-refractivity contribution in [1.82, 2.24) is 15.1 Å². The van der Waals surface area contributed by atoms with Gasteiger partial charge in [-0.25, -0.2) is 0 Å². The largest absolute Gasteiger partial charge is 0.351 e. The quantitative estimate of drug-likeness (QED) is 0.592. The van der Waals surface area contributed by atoms with E-state index in [0.29, 0.717) is 5.69 Å². The zero-order valence-corrected chi connectivity index (χ0v) is 12.8. The van der Waals surface area contributed by atoms with E-state index in [2.05, 4.69) is 26.3 Å². The predicted octanol–water partition coefficient (Wildman–Crippen LogP) is 2.90. The second-order valence-electron chi connectivity index (χ2n) is 4.35. The van der Waals surface area contributed by atoms with Crippen LogP contribution >= 0.6 is 15.9 Å². The first-order valence-electron chi connectivity index (χ1n) is 6.57. The minimum absolute atomic E-state index is 0.0158. The monoisotopic (exact) mass is 315 g/mol. The van der Waals surface area contributed by atoms with Crippen LogP contribution in [0.25, 0.3) is 0 Å². The Morgan fingerprint density at radius 3 is 2.78 bits per heavy atom. The first-order chi connectivity index (χ1) is 8.69. The highest BCUT2D eigenvalue weighted by Crippen LogP contribution is 2.04. The molecule has 0 bridgehead atoms. The summed E-state index contributed by atoms with van der Waals surface area (Å²) < 4.78 is 1.75. The summed E-state index contributed by atoms with van der Waals surface area (Å²) >= 11 is 3.41. The maximum Gasteiger partial charge on any atom is 0.269 e. The van der Waals surface area contributed by atoms with Gasteiger partial charge in [-0.15, -0.1) is 0 Å². The van der Waals surface area contributed by atoms with Crippen molar-refractivity contribution in [2.24, 2.45) is 0 Å². The van der Waals surface area contributed by atoms with E-state index in [1.807, 2.05) is 19.9 Å². The van der Waals surface area contributed by atoms with Crippen LogP contribution in [0.3, 0.4) is 0 Å². The molecule has 1 amide bonds. The van der Waals surface area contributed by atoms with Crippen LogP contribution in [-0.2, 0) is 6.54 Å². The molecule has 5 heteroatoms. The van der Waals surface area contributed by atoms with Crippen LogP contribution in [0.5, 0.6) is 0 Å². The minimum Gasteiger partial charge on any atom is -0.351 e. The zero-order valence-electron chi connectivity index (χ0n) is 11.2. The summed E-state index contributed by atoms with van der Waals surface area (Å²) in [5, 5.41) is 8.29. The van der Waals surface area contributed by atoms with Gasteiger partial charge in [-0.05, 0) is 32.8 Å². The summed E-state index contributed by atoms with van der Waals surface area (Å²) in [5.41, 5.74) is 1.55. The Labute approximate surface area is 117 Å². The molecule has 0 aliphatic carbocycles. The molecule has 0 unspecified atom stereocenters. The van der Waals surface area contributed by atoms with Gasteiger partial charge in [0.25, 0.3) is 5.91 Å². The molecule has 0 radical (unpaired) electrons. The molecule has 1 aromatic heterocycles. The summed E-state index contributed by atoms with van der Waals surface area (Å²) in [4.78, 5) is 11.9. The molecule has 18 heavy (non-hydrogen) atoms. The van der Waals surface area contributed by atoms with Crippen molar-refractivity contribution in [3.63, 3.8) is 0 Å². The maximum atomic E-state index is 11.9. The second-order valence-corrected chi connectivity index (χ2v) is 5.14. The van der Waals surface area contributed by atoms with Crippen LogP contribution in [0.2, 0.25) is 0 Å². The minimum atomic E-state index is -0.0158. The number of unbranched alkanes of at least 4 members (excludes halogenated alkanes) is 3. The van der Waals surface area contributed by atoms with Gasteiger partial charge >= 0.3 is 0 Å². The predicted molar refractivity (Wildman–Crippen MR) is 77.2 cm³/mol. The number of aromatic nitrogens is 2. The number of halogens is 1. The number of nitrogens with one attached hydrogen (secondary N) is 1. The third-order valence-corrected chi connectivity index (χ3v) is 3.34. The third-order valence-electron chi connectivity index (χ3n) is 2.78. The number of aryl methyl sites for hydroxylation is 2. The second kappa shape index (κ2) is 8.29. The molecule has 0 aliphatic rings. The van der Waals surface area contributed by atoms with Gasteiger partial charge in [-0.3, -0.25) is 9.48 Å². The van der Waals surface area contributed by atoms with E-state index in [1.165, 1.54) is 12.8 Å². The fourth-order valence-corrected chi connectivity index (χ4v) is 2.23. The highest BCUT2D eigenvalue weighted by Gasteiger charge is 2.11. The summed E-state index contributed by atoms with van der Waals surface area (Å²) in [6.45, 7) is 5.36. The Bertz CT molecular complexity index is 376. The Balaban J connectivity index is 2.32. The van der Waals surface area contributed by atoms with Gasteiger partial charge in [-0.2, -0.15) is 5.10 Å². The van der Waals surface area contributed by atoms with Gasteiger partial charge in [0.1, 0.15) is 5.69 Å². The van der Waals surface area contributed by atoms with Crippen LogP contribution in [-0.4, -0.2) is 27.6 Å². The Kier molecular flexibility index (Phi) is 7.01. The number of carbonyl (C=O) groups is 1. The topological polar surface area (TPSA) is 46.9 Å². The lowest BCUT2D eigenvalue weighted by Crippen LogP contribution is -2.27. The van der Waals surface area contributed by atoms with Crippen LogP contribution in [0.15, 0.2) is 6.07 Å². The molecule has 0 saturated heterocycles. The van der Waals surface area contributed by atoms with Crippen LogP contribution in [0.1, 0.15) is 48.8 Å². The fourth-order valence-electron chi connectivity index (χ4n) is 1.83. The zero-order chi connectivity index (χ0) is 13.4. The van der Waals surface area contributed by atoms with Gasteiger partial charge in [0.2, 0.25) is 0 Å². The third kappa shape index (κ3) is 4.80. The summed E-state index contributed by atoms with van der Waals surface area (Å²) in [6, 6.07) is 1.84. The Morgan fingerprint density at radius 1 is 1.39 bits per heavy atom. The number of hydrogen-bond acceptors (Lipinski definition) is 2. The number of nitrogens with zero attached hydrogens (tertiary/aromatic N) is 2. The fraction of sp³-hybridized carbons (Fsp3) is 0.692. The molecular weight excluding hydrogens is 294 g/mol. The molecule has 1 rings (SSSR count). The summed E-state index contributed by atoms with van der Waals surface area (Å²) in [6.07, 6.45) is 4.62. The normalized spacial score (nSPS) is 10.6. The Morgan fingerprint density at radius 2 is 2.11 bits per heavy atom. The number of alkyl halides is 1. The average molecular weight is 316 g/mol. The van der Waals surface area contributed by atoms with Gasteiger partial charge < -0.3 is 5.32 Å². The molecule has 0 saturated carbocycles. The highest BCUT2D eigenvalue weighted by molar-refractivity contribution is 9.09. The SMILES string of the molecule is CCn1nc(C)cc1C(=O)NCCCCCCBr. The summed E-state index contributed by atoms with van der Waals surface area (Å²) in [7, 11) is 0. The number of hydrogen-bond donors (Lipinski definition) is 1. The smallest absolute Gasteiger partial charge is 0.269 e.